The highest BCUT2D eigenvalue weighted by molar-refractivity contribution is 7.85. The molecule has 10 heteroatoms. The maximum absolute atomic E-state index is 14.5. The zero-order valence-electron chi connectivity index (χ0n) is 32.5. The predicted molar refractivity (Wildman–Crippen MR) is 218 cm³/mol. The summed E-state index contributed by atoms with van der Waals surface area (Å²) < 4.78 is 74.7. The summed E-state index contributed by atoms with van der Waals surface area (Å²) in [4.78, 5) is 26.8. The average molecular weight is 784 g/mol. The molecule has 0 saturated carbocycles. The summed E-state index contributed by atoms with van der Waals surface area (Å²) in [6.45, 7) is 12.5. The van der Waals surface area contributed by atoms with E-state index in [2.05, 4.69) is 38.2 Å². The highest BCUT2D eigenvalue weighted by Crippen LogP contribution is 2.40. The first-order chi connectivity index (χ1) is 26.1. The maximum Gasteiger partial charge on any atom is 0.417 e. The lowest BCUT2D eigenvalue weighted by Gasteiger charge is -2.21. The van der Waals surface area contributed by atoms with Crippen LogP contribution in [0.25, 0.3) is 22.3 Å². The Bertz CT molecular complexity index is 2270. The lowest BCUT2D eigenvalue weighted by Crippen LogP contribution is -2.23. The zero-order valence-corrected chi connectivity index (χ0v) is 33.3. The van der Waals surface area contributed by atoms with Gasteiger partial charge in [0.05, 0.1) is 17.2 Å². The maximum atomic E-state index is 14.5. The van der Waals surface area contributed by atoms with Crippen LogP contribution in [0.1, 0.15) is 98.5 Å². The van der Waals surface area contributed by atoms with Gasteiger partial charge in [-0.1, -0.05) is 145 Å². The van der Waals surface area contributed by atoms with E-state index in [0.717, 1.165) is 22.8 Å². The number of hydrogen-bond acceptors (Lipinski definition) is 4. The fourth-order valence-electron chi connectivity index (χ4n) is 6.54. The molecule has 5 aromatic rings. The van der Waals surface area contributed by atoms with Crippen molar-refractivity contribution in [3.63, 3.8) is 0 Å². The van der Waals surface area contributed by atoms with E-state index in [1.54, 1.807) is 36.4 Å². The van der Waals surface area contributed by atoms with Crippen LogP contribution in [0.4, 0.5) is 18.9 Å². The predicted octanol–water partition coefficient (Wildman–Crippen LogP) is 11.5. The molecule has 1 amide bonds. The largest absolute Gasteiger partial charge is 0.417 e. The molecule has 0 aliphatic rings. The van der Waals surface area contributed by atoms with Gasteiger partial charge in [-0.05, 0) is 80.3 Å². The Morgan fingerprint density at radius 2 is 1.18 bits per heavy atom. The molecule has 0 heterocycles. The van der Waals surface area contributed by atoms with Gasteiger partial charge >= 0.3 is 6.18 Å². The monoisotopic (exact) mass is 783 g/mol. The average Bonchev–Trinajstić information content (AvgIpc) is 3.12. The number of benzene rings is 5. The van der Waals surface area contributed by atoms with Crippen LogP contribution >= 0.6 is 0 Å². The van der Waals surface area contributed by atoms with Gasteiger partial charge < -0.3 is 5.32 Å². The highest BCUT2D eigenvalue weighted by Gasteiger charge is 2.34. The van der Waals surface area contributed by atoms with Gasteiger partial charge in [0.2, 0.25) is 5.91 Å². The van der Waals surface area contributed by atoms with E-state index >= 15 is 0 Å². The Hall–Kier alpha value is -5.06. The molecule has 0 aliphatic carbocycles. The standard InChI is InChI=1S/C46H48F3NO5S/c1-44(2,3)36-21-17-32(18-22-36)31-13-15-34(16-14-31)40(28-30-9-11-35(12-10-30)42(51)8-7-27-56(53,54)55)43(52)50-38-25-26-39(41(29-38)46(47,48)49)33-19-23-37(24-20-33)45(4,5)6/h9-26,29,40H,7-8,27-28H2,1-6H3,(H,50,52)(H,53,54,55). The summed E-state index contributed by atoms with van der Waals surface area (Å²) in [5.74, 6) is -2.14. The van der Waals surface area contributed by atoms with Crippen LogP contribution in [0, 0.1) is 0 Å². The number of hydrogen-bond donors (Lipinski definition) is 2. The minimum Gasteiger partial charge on any atom is -0.326 e. The number of carbonyl (C=O) groups is 2. The molecule has 0 spiro atoms. The summed E-state index contributed by atoms with van der Waals surface area (Å²) >= 11 is 0. The van der Waals surface area contributed by atoms with Crippen molar-refractivity contribution in [3.8, 4) is 22.3 Å². The summed E-state index contributed by atoms with van der Waals surface area (Å²) in [6, 6.07) is 33.2. The van der Waals surface area contributed by atoms with Gasteiger partial charge in [-0.3, -0.25) is 14.1 Å². The smallest absolute Gasteiger partial charge is 0.326 e. The van der Waals surface area contributed by atoms with Crippen molar-refractivity contribution in [1.82, 2.24) is 0 Å². The van der Waals surface area contributed by atoms with Crippen LogP contribution in [0.3, 0.4) is 0 Å². The van der Waals surface area contributed by atoms with Crippen LogP contribution in [-0.4, -0.2) is 30.4 Å². The van der Waals surface area contributed by atoms with E-state index < -0.39 is 39.4 Å². The minimum absolute atomic E-state index is 0.00350. The Balaban J connectivity index is 1.44. The molecule has 0 saturated heterocycles. The van der Waals surface area contributed by atoms with Gasteiger partial charge in [-0.25, -0.2) is 0 Å². The van der Waals surface area contributed by atoms with E-state index in [1.165, 1.54) is 17.7 Å². The van der Waals surface area contributed by atoms with Gasteiger partial charge in [0, 0.05) is 17.7 Å². The summed E-state index contributed by atoms with van der Waals surface area (Å²) in [7, 11) is -4.18. The number of ketones is 1. The molecule has 0 bridgehead atoms. The van der Waals surface area contributed by atoms with Crippen molar-refractivity contribution in [2.45, 2.75) is 83.7 Å². The quantitative estimate of drug-likeness (QED) is 0.0969. The molecule has 0 aliphatic heterocycles. The van der Waals surface area contributed by atoms with Gasteiger partial charge in [0.25, 0.3) is 10.1 Å². The number of halogens is 3. The summed E-state index contributed by atoms with van der Waals surface area (Å²) in [5, 5.41) is 2.75. The second-order valence-electron chi connectivity index (χ2n) is 16.3. The topological polar surface area (TPSA) is 101 Å². The molecule has 0 radical (unpaired) electrons. The minimum atomic E-state index is -4.69. The van der Waals surface area contributed by atoms with Gasteiger partial charge in [-0.15, -0.1) is 0 Å². The third-order valence-corrected chi connectivity index (χ3v) is 10.7. The lowest BCUT2D eigenvalue weighted by molar-refractivity contribution is -0.137. The van der Waals surface area contributed by atoms with Crippen LogP contribution in [0.2, 0.25) is 0 Å². The van der Waals surface area contributed by atoms with Crippen molar-refractivity contribution in [3.05, 3.63) is 149 Å². The van der Waals surface area contributed by atoms with Gasteiger partial charge in [0.15, 0.2) is 5.78 Å². The van der Waals surface area contributed by atoms with Crippen molar-refractivity contribution < 1.29 is 35.7 Å². The Morgan fingerprint density at radius 3 is 1.66 bits per heavy atom. The normalized spacial score (nSPS) is 13.0. The number of Topliss-reactive ketones (excluding diaryl/α,β-unsaturated/α-hetero) is 1. The lowest BCUT2D eigenvalue weighted by atomic mass is 9.86. The number of carbonyl (C=O) groups excluding carboxylic acids is 2. The molecule has 1 atom stereocenters. The molecule has 0 fully saturated rings. The van der Waals surface area contributed by atoms with Crippen molar-refractivity contribution in [2.24, 2.45) is 0 Å². The van der Waals surface area contributed by atoms with Crippen LogP contribution in [0.5, 0.6) is 0 Å². The number of rotatable bonds is 12. The van der Waals surface area contributed by atoms with Crippen molar-refractivity contribution in [2.75, 3.05) is 11.1 Å². The number of anilines is 1. The Kier molecular flexibility index (Phi) is 12.5. The molecule has 5 aromatic carbocycles. The Labute approximate surface area is 327 Å². The van der Waals surface area contributed by atoms with E-state index in [9.17, 15) is 31.2 Å². The number of amides is 1. The fourth-order valence-corrected chi connectivity index (χ4v) is 7.05. The van der Waals surface area contributed by atoms with E-state index in [4.69, 9.17) is 4.55 Å². The molecule has 56 heavy (non-hydrogen) atoms. The molecular formula is C46H48F3NO5S. The second-order valence-corrected chi connectivity index (χ2v) is 17.9. The first kappa shape index (κ1) is 42.1. The summed E-state index contributed by atoms with van der Waals surface area (Å²) in [6.07, 6.45) is -4.62. The third kappa shape index (κ3) is 11.0. The van der Waals surface area contributed by atoms with Crippen molar-refractivity contribution >= 4 is 27.5 Å². The van der Waals surface area contributed by atoms with E-state index in [0.29, 0.717) is 22.3 Å². The fraction of sp³-hybridized carbons (Fsp3) is 0.304. The highest BCUT2D eigenvalue weighted by atomic mass is 32.2. The molecule has 0 aromatic heterocycles. The van der Waals surface area contributed by atoms with Gasteiger partial charge in [0.1, 0.15) is 0 Å². The van der Waals surface area contributed by atoms with Crippen LogP contribution in [0.15, 0.2) is 115 Å². The summed E-state index contributed by atoms with van der Waals surface area (Å²) in [5.41, 5.74) is 5.20. The Morgan fingerprint density at radius 1 is 0.679 bits per heavy atom. The first-order valence-electron chi connectivity index (χ1n) is 18.5. The molecule has 294 valence electrons. The molecule has 5 rings (SSSR count). The third-order valence-electron chi connectivity index (χ3n) is 9.89. The SMILES string of the molecule is CC(C)(C)c1ccc(-c2ccc(C(Cc3ccc(C(=O)CCCS(=O)(=O)O)cc3)C(=O)Nc3ccc(-c4ccc(C(C)(C)C)cc4)c(C(F)(F)F)c3)cc2)cc1. The number of nitrogens with one attached hydrogen (secondary N) is 1. The molecule has 2 N–H and O–H groups in total. The molecule has 6 nitrogen and oxygen atoms in total. The second kappa shape index (κ2) is 16.6. The molecular weight excluding hydrogens is 736 g/mol. The van der Waals surface area contributed by atoms with Crippen LogP contribution < -0.4 is 5.32 Å². The van der Waals surface area contributed by atoms with E-state index in [-0.39, 0.29) is 47.1 Å². The van der Waals surface area contributed by atoms with Crippen LogP contribution in [-0.2, 0) is 38.3 Å². The first-order valence-corrected chi connectivity index (χ1v) is 20.1. The number of alkyl halides is 3. The zero-order chi connectivity index (χ0) is 41.1. The van der Waals surface area contributed by atoms with Crippen molar-refractivity contribution in [1.29, 1.82) is 0 Å². The van der Waals surface area contributed by atoms with E-state index in [1.807, 2.05) is 69.3 Å². The van der Waals surface area contributed by atoms with Gasteiger partial charge in [-0.2, -0.15) is 21.6 Å². The molecule has 1 unspecified atom stereocenters.